The van der Waals surface area contributed by atoms with E-state index in [1.54, 1.807) is 0 Å². The molecule has 0 aliphatic heterocycles. The Morgan fingerprint density at radius 2 is 1.83 bits per heavy atom. The first kappa shape index (κ1) is 9.26. The van der Waals surface area contributed by atoms with Crippen molar-refractivity contribution in [3.8, 4) is 0 Å². The highest BCUT2D eigenvalue weighted by Gasteiger charge is 2.59. The molecule has 3 aliphatic carbocycles. The average Bonchev–Trinajstić information content (AvgIpc) is 1.93. The molecule has 0 heterocycles. The van der Waals surface area contributed by atoms with Crippen molar-refractivity contribution < 1.29 is 0 Å². The molecule has 0 aromatic heterocycles. The third kappa shape index (κ3) is 1.00. The molecule has 70 valence electrons. The molecule has 0 nitrogen and oxygen atoms in total. The summed E-state index contributed by atoms with van der Waals surface area (Å²) in [5, 5.41) is 0.487. The van der Waals surface area contributed by atoms with Gasteiger partial charge in [-0.25, -0.2) is 0 Å². The fraction of sp³-hybridized carbons (Fsp3) is 1.00. The molecule has 2 heteroatoms. The molecular weight excluding hydrogens is 184 g/mol. The SMILES string of the molecule is CC1(C)[C@@H]2C[C@H]1[C@H](S)[C@](C)(S)C2. The van der Waals surface area contributed by atoms with Crippen LogP contribution in [0.15, 0.2) is 0 Å². The molecule has 3 rings (SSSR count). The van der Waals surface area contributed by atoms with Gasteiger partial charge in [-0.05, 0) is 37.0 Å². The lowest BCUT2D eigenvalue weighted by Gasteiger charge is -2.64. The summed E-state index contributed by atoms with van der Waals surface area (Å²) < 4.78 is 0.173. The molecular formula is C10H18S2. The van der Waals surface area contributed by atoms with E-state index in [0.29, 0.717) is 10.7 Å². The number of thiol groups is 2. The fourth-order valence-electron chi connectivity index (χ4n) is 2.99. The first-order valence-electron chi connectivity index (χ1n) is 4.76. The second kappa shape index (κ2) is 2.38. The minimum atomic E-state index is 0.173. The van der Waals surface area contributed by atoms with Crippen LogP contribution in [0.4, 0.5) is 0 Å². The number of rotatable bonds is 0. The highest BCUT2D eigenvalue weighted by Crippen LogP contribution is 2.64. The maximum absolute atomic E-state index is 4.71. The number of fused-ring (bicyclic) bond motifs is 2. The maximum atomic E-state index is 4.71. The van der Waals surface area contributed by atoms with Crippen molar-refractivity contribution in [2.24, 2.45) is 17.3 Å². The molecule has 0 aromatic rings. The van der Waals surface area contributed by atoms with Crippen LogP contribution >= 0.6 is 25.3 Å². The van der Waals surface area contributed by atoms with Crippen molar-refractivity contribution >= 4 is 25.3 Å². The van der Waals surface area contributed by atoms with E-state index in [4.69, 9.17) is 25.3 Å². The van der Waals surface area contributed by atoms with E-state index >= 15 is 0 Å². The Morgan fingerprint density at radius 3 is 2.17 bits per heavy atom. The van der Waals surface area contributed by atoms with E-state index in [-0.39, 0.29) is 4.75 Å². The molecule has 0 unspecified atom stereocenters. The molecule has 0 radical (unpaired) electrons. The lowest BCUT2D eigenvalue weighted by atomic mass is 9.46. The minimum absolute atomic E-state index is 0.173. The Balaban J connectivity index is 2.23. The zero-order valence-corrected chi connectivity index (χ0v) is 9.83. The molecule has 3 saturated carbocycles. The molecule has 0 aromatic carbocycles. The smallest absolute Gasteiger partial charge is 0.0223 e. The fourth-order valence-corrected chi connectivity index (χ4v) is 4.00. The van der Waals surface area contributed by atoms with Crippen LogP contribution in [-0.4, -0.2) is 10.00 Å². The van der Waals surface area contributed by atoms with Crippen molar-refractivity contribution in [2.75, 3.05) is 0 Å². The van der Waals surface area contributed by atoms with Crippen molar-refractivity contribution in [3.63, 3.8) is 0 Å². The van der Waals surface area contributed by atoms with E-state index in [2.05, 4.69) is 20.8 Å². The Bertz CT molecular complexity index is 200. The first-order chi connectivity index (χ1) is 5.36. The average molecular weight is 202 g/mol. The summed E-state index contributed by atoms with van der Waals surface area (Å²) in [7, 11) is 0. The lowest BCUT2D eigenvalue weighted by molar-refractivity contribution is -0.0709. The molecule has 0 N–H and O–H groups in total. The Kier molecular flexibility index (Phi) is 1.84. The number of hydrogen-bond acceptors (Lipinski definition) is 2. The topological polar surface area (TPSA) is 0 Å². The van der Waals surface area contributed by atoms with Gasteiger partial charge in [-0.15, -0.1) is 0 Å². The van der Waals surface area contributed by atoms with Crippen molar-refractivity contribution in [2.45, 2.75) is 43.6 Å². The highest BCUT2D eigenvalue weighted by atomic mass is 32.1. The van der Waals surface area contributed by atoms with Gasteiger partial charge < -0.3 is 0 Å². The van der Waals surface area contributed by atoms with E-state index in [1.807, 2.05) is 0 Å². The summed E-state index contributed by atoms with van der Waals surface area (Å²) in [5.74, 6) is 1.69. The Labute approximate surface area is 86.3 Å². The molecule has 3 aliphatic rings. The molecule has 4 atom stereocenters. The van der Waals surface area contributed by atoms with Crippen molar-refractivity contribution in [1.29, 1.82) is 0 Å². The lowest BCUT2D eigenvalue weighted by Crippen LogP contribution is -2.61. The molecule has 0 saturated heterocycles. The van der Waals surface area contributed by atoms with Gasteiger partial charge in [0.2, 0.25) is 0 Å². The van der Waals surface area contributed by atoms with Gasteiger partial charge in [0, 0.05) is 10.00 Å². The van der Waals surface area contributed by atoms with Gasteiger partial charge in [0.15, 0.2) is 0 Å². The van der Waals surface area contributed by atoms with Crippen LogP contribution in [0.1, 0.15) is 33.6 Å². The predicted molar refractivity (Wildman–Crippen MR) is 60.2 cm³/mol. The Hall–Kier alpha value is 0.700. The third-order valence-corrected chi connectivity index (χ3v) is 5.82. The second-order valence-corrected chi connectivity index (χ2v) is 6.94. The summed E-state index contributed by atoms with van der Waals surface area (Å²) in [6.07, 6.45) is 2.63. The van der Waals surface area contributed by atoms with Crippen LogP contribution in [0.5, 0.6) is 0 Å². The highest BCUT2D eigenvalue weighted by molar-refractivity contribution is 7.85. The predicted octanol–water partition coefficient (Wildman–Crippen LogP) is 3.04. The first-order valence-corrected chi connectivity index (χ1v) is 5.72. The Morgan fingerprint density at radius 1 is 1.25 bits per heavy atom. The summed E-state index contributed by atoms with van der Waals surface area (Å²) in [6.45, 7) is 7.01. The third-order valence-electron chi connectivity index (χ3n) is 4.22. The van der Waals surface area contributed by atoms with Crippen LogP contribution in [-0.2, 0) is 0 Å². The summed E-state index contributed by atoms with van der Waals surface area (Å²) in [6, 6.07) is 0. The zero-order chi connectivity index (χ0) is 9.15. The standard InChI is InChI=1S/C10H18S2/c1-9(2)6-4-7(9)8(11)10(3,12)5-6/h6-8,11-12H,4-5H2,1-3H3/t6-,7+,8+,10-/m1/s1. The summed E-state index contributed by atoms with van der Waals surface area (Å²) in [5.41, 5.74) is 0.536. The van der Waals surface area contributed by atoms with Crippen molar-refractivity contribution in [3.05, 3.63) is 0 Å². The molecule has 12 heavy (non-hydrogen) atoms. The van der Waals surface area contributed by atoms with Crippen LogP contribution in [0, 0.1) is 17.3 Å². The van der Waals surface area contributed by atoms with Gasteiger partial charge in [-0.2, -0.15) is 25.3 Å². The van der Waals surface area contributed by atoms with Crippen LogP contribution in [0.2, 0.25) is 0 Å². The summed E-state index contributed by atoms with van der Waals surface area (Å²) >= 11 is 9.42. The minimum Gasteiger partial charge on any atom is -0.174 e. The van der Waals surface area contributed by atoms with E-state index in [9.17, 15) is 0 Å². The van der Waals surface area contributed by atoms with E-state index < -0.39 is 0 Å². The number of hydrogen-bond donors (Lipinski definition) is 2. The second-order valence-electron chi connectivity index (χ2n) is 5.37. The zero-order valence-electron chi connectivity index (χ0n) is 8.04. The summed E-state index contributed by atoms with van der Waals surface area (Å²) in [4.78, 5) is 0. The quantitative estimate of drug-likeness (QED) is 0.554. The maximum Gasteiger partial charge on any atom is 0.0223 e. The molecule has 3 fully saturated rings. The van der Waals surface area contributed by atoms with Gasteiger partial charge in [-0.3, -0.25) is 0 Å². The molecule has 2 bridgehead atoms. The van der Waals surface area contributed by atoms with E-state index in [1.165, 1.54) is 12.8 Å². The van der Waals surface area contributed by atoms with Gasteiger partial charge >= 0.3 is 0 Å². The van der Waals surface area contributed by atoms with Crippen molar-refractivity contribution in [1.82, 2.24) is 0 Å². The monoisotopic (exact) mass is 202 g/mol. The largest absolute Gasteiger partial charge is 0.174 e. The molecule has 0 amide bonds. The van der Waals surface area contributed by atoms with Crippen LogP contribution < -0.4 is 0 Å². The van der Waals surface area contributed by atoms with Gasteiger partial charge in [0.1, 0.15) is 0 Å². The molecule has 0 spiro atoms. The van der Waals surface area contributed by atoms with Gasteiger partial charge in [0.05, 0.1) is 0 Å². The van der Waals surface area contributed by atoms with Crippen LogP contribution in [0.25, 0.3) is 0 Å². The van der Waals surface area contributed by atoms with Gasteiger partial charge in [-0.1, -0.05) is 13.8 Å². The normalized spacial score (nSPS) is 56.2. The van der Waals surface area contributed by atoms with Crippen LogP contribution in [0.3, 0.4) is 0 Å². The van der Waals surface area contributed by atoms with E-state index in [0.717, 1.165) is 11.8 Å². The van der Waals surface area contributed by atoms with Gasteiger partial charge in [0.25, 0.3) is 0 Å².